The minimum Gasteiger partial charge on any atom is -0.347 e. The van der Waals surface area contributed by atoms with Crippen LogP contribution in [0.3, 0.4) is 0 Å². The lowest BCUT2D eigenvalue weighted by molar-refractivity contribution is -0.137. The van der Waals surface area contributed by atoms with E-state index in [9.17, 15) is 22.8 Å². The molecule has 0 saturated heterocycles. The molecule has 0 fully saturated rings. The van der Waals surface area contributed by atoms with Crippen molar-refractivity contribution in [3.05, 3.63) is 28.8 Å². The number of likely N-dealkylation sites (N-methyl/N-ethyl adjacent to an activating group) is 1. The predicted octanol–water partition coefficient (Wildman–Crippen LogP) is 1.98. The number of nitrogens with zero attached hydrogens (tertiary/aromatic N) is 1. The SMILES string of the molecule is CN(C)CCNC(=O)C(=O)Nc1cc(C(F)(F)F)ccc1Cl. The lowest BCUT2D eigenvalue weighted by Gasteiger charge is -2.12. The minimum absolute atomic E-state index is 0.0950. The molecule has 1 rings (SSSR count). The topological polar surface area (TPSA) is 61.4 Å². The van der Waals surface area contributed by atoms with Crippen LogP contribution in [0.15, 0.2) is 18.2 Å². The maximum absolute atomic E-state index is 12.6. The van der Waals surface area contributed by atoms with Crippen molar-refractivity contribution in [1.29, 1.82) is 0 Å². The molecule has 2 N–H and O–H groups in total. The van der Waals surface area contributed by atoms with Crippen LogP contribution in [-0.2, 0) is 15.8 Å². The molecule has 1 aromatic carbocycles. The van der Waals surface area contributed by atoms with Crippen molar-refractivity contribution in [2.45, 2.75) is 6.18 Å². The lowest BCUT2D eigenvalue weighted by Crippen LogP contribution is -2.38. The third-order valence-corrected chi connectivity index (χ3v) is 2.92. The van der Waals surface area contributed by atoms with E-state index < -0.39 is 23.6 Å². The fourth-order valence-corrected chi connectivity index (χ4v) is 1.61. The van der Waals surface area contributed by atoms with E-state index in [1.54, 1.807) is 19.0 Å². The fraction of sp³-hybridized carbons (Fsp3) is 0.385. The Morgan fingerprint density at radius 3 is 2.41 bits per heavy atom. The highest BCUT2D eigenvalue weighted by atomic mass is 35.5. The Kier molecular flexibility index (Phi) is 6.19. The van der Waals surface area contributed by atoms with Crippen LogP contribution in [0, 0.1) is 0 Å². The summed E-state index contributed by atoms with van der Waals surface area (Å²) in [6, 6.07) is 2.46. The molecule has 5 nitrogen and oxygen atoms in total. The summed E-state index contributed by atoms with van der Waals surface area (Å²) >= 11 is 5.72. The van der Waals surface area contributed by atoms with Crippen LogP contribution in [0.1, 0.15) is 5.56 Å². The standard InChI is InChI=1S/C13H15ClF3N3O2/c1-20(2)6-5-18-11(21)12(22)19-10-7-8(13(15,16)17)3-4-9(10)14/h3-4,7H,5-6H2,1-2H3,(H,18,21)(H,19,22). The molecule has 2 amide bonds. The number of anilines is 1. The molecule has 0 aromatic heterocycles. The van der Waals surface area contributed by atoms with Gasteiger partial charge in [0, 0.05) is 13.1 Å². The van der Waals surface area contributed by atoms with E-state index in [1.165, 1.54) is 0 Å². The number of rotatable bonds is 4. The van der Waals surface area contributed by atoms with Gasteiger partial charge < -0.3 is 15.5 Å². The summed E-state index contributed by atoms with van der Waals surface area (Å²) < 4.78 is 37.8. The second kappa shape index (κ2) is 7.46. The number of alkyl halides is 3. The van der Waals surface area contributed by atoms with E-state index in [1.807, 2.05) is 0 Å². The van der Waals surface area contributed by atoms with E-state index >= 15 is 0 Å². The predicted molar refractivity (Wildman–Crippen MR) is 76.6 cm³/mol. The first-order chi connectivity index (χ1) is 10.1. The molecule has 122 valence electrons. The van der Waals surface area contributed by atoms with Gasteiger partial charge in [0.25, 0.3) is 0 Å². The van der Waals surface area contributed by atoms with Crippen molar-refractivity contribution in [1.82, 2.24) is 10.2 Å². The molecule has 0 aliphatic heterocycles. The molecule has 0 radical (unpaired) electrons. The number of carbonyl (C=O) groups excluding carboxylic acids is 2. The van der Waals surface area contributed by atoms with Crippen LogP contribution in [0.5, 0.6) is 0 Å². The van der Waals surface area contributed by atoms with Gasteiger partial charge in [0.15, 0.2) is 0 Å². The summed E-state index contributed by atoms with van der Waals surface area (Å²) in [6.45, 7) is 0.749. The third-order valence-electron chi connectivity index (χ3n) is 2.59. The maximum atomic E-state index is 12.6. The Morgan fingerprint density at radius 1 is 1.23 bits per heavy atom. The molecule has 0 bridgehead atoms. The number of hydrogen-bond donors (Lipinski definition) is 2. The number of amides is 2. The number of halogens is 4. The van der Waals surface area contributed by atoms with Crippen LogP contribution in [0.2, 0.25) is 5.02 Å². The van der Waals surface area contributed by atoms with Crippen LogP contribution in [0.4, 0.5) is 18.9 Å². The summed E-state index contributed by atoms with van der Waals surface area (Å²) in [7, 11) is 3.57. The van der Waals surface area contributed by atoms with Crippen molar-refractivity contribution < 1.29 is 22.8 Å². The van der Waals surface area contributed by atoms with Gasteiger partial charge in [0.2, 0.25) is 0 Å². The normalized spacial score (nSPS) is 11.4. The number of carbonyl (C=O) groups is 2. The minimum atomic E-state index is -4.57. The molecule has 0 saturated carbocycles. The van der Waals surface area contributed by atoms with Gasteiger partial charge in [-0.3, -0.25) is 9.59 Å². The van der Waals surface area contributed by atoms with Gasteiger partial charge in [-0.25, -0.2) is 0 Å². The molecule has 0 unspecified atom stereocenters. The molecule has 0 heterocycles. The second-order valence-corrected chi connectivity index (χ2v) is 5.11. The number of hydrogen-bond acceptors (Lipinski definition) is 3. The summed E-state index contributed by atoms with van der Waals surface area (Å²) in [5.74, 6) is -2.03. The summed E-state index contributed by atoms with van der Waals surface area (Å²) in [5.41, 5.74) is -1.25. The zero-order chi connectivity index (χ0) is 16.9. The molecule has 22 heavy (non-hydrogen) atoms. The first kappa shape index (κ1) is 18.2. The Balaban J connectivity index is 2.73. The van der Waals surface area contributed by atoms with E-state index in [4.69, 9.17) is 11.6 Å². The molecule has 0 aliphatic rings. The fourth-order valence-electron chi connectivity index (χ4n) is 1.45. The highest BCUT2D eigenvalue weighted by Crippen LogP contribution is 2.33. The molecule has 1 aromatic rings. The molecular weight excluding hydrogens is 323 g/mol. The van der Waals surface area contributed by atoms with Gasteiger partial charge in [-0.15, -0.1) is 0 Å². The Labute approximate surface area is 130 Å². The average molecular weight is 338 g/mol. The van der Waals surface area contributed by atoms with Crippen LogP contribution < -0.4 is 10.6 Å². The monoisotopic (exact) mass is 337 g/mol. The third kappa shape index (κ3) is 5.53. The van der Waals surface area contributed by atoms with Gasteiger partial charge >= 0.3 is 18.0 Å². The highest BCUT2D eigenvalue weighted by molar-refractivity contribution is 6.41. The largest absolute Gasteiger partial charge is 0.416 e. The number of benzene rings is 1. The maximum Gasteiger partial charge on any atom is 0.416 e. The van der Waals surface area contributed by atoms with E-state index in [2.05, 4.69) is 10.6 Å². The molecular formula is C13H15ClF3N3O2. The zero-order valence-electron chi connectivity index (χ0n) is 11.9. The van der Waals surface area contributed by atoms with E-state index in [0.29, 0.717) is 12.6 Å². The molecule has 9 heteroatoms. The van der Waals surface area contributed by atoms with Crippen LogP contribution in [-0.4, -0.2) is 43.9 Å². The quantitative estimate of drug-likeness (QED) is 0.826. The van der Waals surface area contributed by atoms with Gasteiger partial charge in [-0.2, -0.15) is 13.2 Å². The Morgan fingerprint density at radius 2 is 1.86 bits per heavy atom. The first-order valence-electron chi connectivity index (χ1n) is 6.22. The first-order valence-corrected chi connectivity index (χ1v) is 6.59. The van der Waals surface area contributed by atoms with Gasteiger partial charge in [-0.05, 0) is 32.3 Å². The average Bonchev–Trinajstić information content (AvgIpc) is 2.39. The summed E-state index contributed by atoms with van der Waals surface area (Å²) in [6.07, 6.45) is -4.57. The van der Waals surface area contributed by atoms with E-state index in [-0.39, 0.29) is 17.3 Å². The van der Waals surface area contributed by atoms with Crippen molar-refractivity contribution in [2.75, 3.05) is 32.5 Å². The summed E-state index contributed by atoms with van der Waals surface area (Å²) in [4.78, 5) is 24.9. The van der Waals surface area contributed by atoms with Gasteiger partial charge in [0.05, 0.1) is 16.3 Å². The van der Waals surface area contributed by atoms with E-state index in [0.717, 1.165) is 12.1 Å². The zero-order valence-corrected chi connectivity index (χ0v) is 12.7. The van der Waals surface area contributed by atoms with Crippen LogP contribution in [0.25, 0.3) is 0 Å². The number of nitrogens with one attached hydrogen (secondary N) is 2. The van der Waals surface area contributed by atoms with Crippen molar-refractivity contribution in [2.24, 2.45) is 0 Å². The Bertz CT molecular complexity index is 562. The van der Waals surface area contributed by atoms with Crippen molar-refractivity contribution in [3.63, 3.8) is 0 Å². The van der Waals surface area contributed by atoms with Crippen LogP contribution >= 0.6 is 11.6 Å². The van der Waals surface area contributed by atoms with Gasteiger partial charge in [-0.1, -0.05) is 11.6 Å². The Hall–Kier alpha value is -1.80. The van der Waals surface area contributed by atoms with Crippen molar-refractivity contribution in [3.8, 4) is 0 Å². The molecule has 0 atom stereocenters. The highest BCUT2D eigenvalue weighted by Gasteiger charge is 2.31. The second-order valence-electron chi connectivity index (χ2n) is 4.71. The lowest BCUT2D eigenvalue weighted by atomic mass is 10.2. The van der Waals surface area contributed by atoms with Crippen molar-refractivity contribution >= 4 is 29.1 Å². The summed E-state index contributed by atoms with van der Waals surface area (Å²) in [5, 5.41) is 4.31. The molecule has 0 aliphatic carbocycles. The smallest absolute Gasteiger partial charge is 0.347 e. The van der Waals surface area contributed by atoms with Gasteiger partial charge in [0.1, 0.15) is 0 Å². The molecule has 0 spiro atoms.